The molecular weight excluding hydrogens is 239 g/mol. The molecule has 1 aromatic carbocycles. The van der Waals surface area contributed by atoms with Gasteiger partial charge in [-0.05, 0) is 36.1 Å². The van der Waals surface area contributed by atoms with E-state index in [1.165, 1.54) is 5.56 Å². The molecule has 1 N–H and O–H groups in total. The van der Waals surface area contributed by atoms with Gasteiger partial charge in [0.15, 0.2) is 0 Å². The molecule has 0 radical (unpaired) electrons. The van der Waals surface area contributed by atoms with Crippen molar-refractivity contribution in [3.63, 3.8) is 0 Å². The summed E-state index contributed by atoms with van der Waals surface area (Å²) in [7, 11) is 0. The molecule has 0 saturated carbocycles. The lowest BCUT2D eigenvalue weighted by molar-refractivity contribution is 0.128. The average Bonchev–Trinajstić information content (AvgIpc) is 2.42. The van der Waals surface area contributed by atoms with Crippen LogP contribution in [0.5, 0.6) is 0 Å². The summed E-state index contributed by atoms with van der Waals surface area (Å²) in [5, 5.41) is 3.40. The van der Waals surface area contributed by atoms with Crippen molar-refractivity contribution < 1.29 is 4.39 Å². The van der Waals surface area contributed by atoms with Crippen molar-refractivity contribution in [1.82, 2.24) is 10.2 Å². The summed E-state index contributed by atoms with van der Waals surface area (Å²) in [5.74, 6) is 0.451. The average molecular weight is 264 g/mol. The Morgan fingerprint density at radius 2 is 2.00 bits per heavy atom. The monoisotopic (exact) mass is 264 g/mol. The molecule has 0 aliphatic carbocycles. The van der Waals surface area contributed by atoms with Crippen molar-refractivity contribution >= 4 is 0 Å². The zero-order chi connectivity index (χ0) is 13.8. The van der Waals surface area contributed by atoms with Crippen molar-refractivity contribution in [2.45, 2.75) is 33.2 Å². The standard InChI is InChI=1S/C16H25FN2/c1-4-12(2)16(19-9-7-18-8-10-19)15-6-5-14(17)11-13(15)3/h5-6,11-12,16,18H,4,7-10H2,1-3H3/t12?,16-/m0/s1. The van der Waals surface area contributed by atoms with Crippen LogP contribution in [0.2, 0.25) is 0 Å². The molecule has 1 aliphatic rings. The van der Waals surface area contributed by atoms with Crippen LogP contribution < -0.4 is 5.32 Å². The Hall–Kier alpha value is -0.930. The number of rotatable bonds is 4. The van der Waals surface area contributed by atoms with Crippen LogP contribution in [-0.2, 0) is 0 Å². The molecule has 0 bridgehead atoms. The third-order valence-electron chi connectivity index (χ3n) is 4.28. The van der Waals surface area contributed by atoms with Gasteiger partial charge < -0.3 is 5.32 Å². The van der Waals surface area contributed by atoms with Crippen LogP contribution in [0.4, 0.5) is 4.39 Å². The maximum atomic E-state index is 13.3. The Labute approximate surface area is 116 Å². The van der Waals surface area contributed by atoms with Crippen LogP contribution in [0.3, 0.4) is 0 Å². The lowest BCUT2D eigenvalue weighted by Crippen LogP contribution is -2.46. The molecule has 0 aromatic heterocycles. The molecule has 2 nitrogen and oxygen atoms in total. The second kappa shape index (κ2) is 6.49. The predicted molar refractivity (Wildman–Crippen MR) is 77.8 cm³/mol. The molecule has 1 saturated heterocycles. The number of aryl methyl sites for hydroxylation is 1. The molecular formula is C16H25FN2. The lowest BCUT2D eigenvalue weighted by atomic mass is 9.88. The molecule has 106 valence electrons. The SMILES string of the molecule is CCC(C)[C@@H](c1ccc(F)cc1C)N1CCNCC1. The van der Waals surface area contributed by atoms with E-state index in [0.29, 0.717) is 12.0 Å². The zero-order valence-electron chi connectivity index (χ0n) is 12.2. The second-order valence-corrected chi connectivity index (χ2v) is 5.62. The Bertz CT molecular complexity index is 413. The Morgan fingerprint density at radius 1 is 1.32 bits per heavy atom. The fraction of sp³-hybridized carbons (Fsp3) is 0.625. The first-order chi connectivity index (χ1) is 9.13. The number of hydrogen-bond acceptors (Lipinski definition) is 2. The Morgan fingerprint density at radius 3 is 2.58 bits per heavy atom. The summed E-state index contributed by atoms with van der Waals surface area (Å²) < 4.78 is 13.3. The minimum absolute atomic E-state index is 0.135. The fourth-order valence-electron chi connectivity index (χ4n) is 3.02. The first-order valence-corrected chi connectivity index (χ1v) is 7.34. The molecule has 0 spiro atoms. The van der Waals surface area contributed by atoms with Crippen molar-refractivity contribution in [2.24, 2.45) is 5.92 Å². The molecule has 3 heteroatoms. The van der Waals surface area contributed by atoms with E-state index >= 15 is 0 Å². The largest absolute Gasteiger partial charge is 0.314 e. The van der Waals surface area contributed by atoms with Crippen molar-refractivity contribution in [1.29, 1.82) is 0 Å². The van der Waals surface area contributed by atoms with Crippen molar-refractivity contribution in [3.05, 3.63) is 35.1 Å². The molecule has 0 amide bonds. The topological polar surface area (TPSA) is 15.3 Å². The van der Waals surface area contributed by atoms with Crippen molar-refractivity contribution in [3.8, 4) is 0 Å². The van der Waals surface area contributed by atoms with Crippen LogP contribution in [0, 0.1) is 18.7 Å². The minimum atomic E-state index is -0.135. The Kier molecular flexibility index (Phi) is 4.94. The smallest absolute Gasteiger partial charge is 0.123 e. The summed E-state index contributed by atoms with van der Waals surface area (Å²) in [6.07, 6.45) is 1.14. The van der Waals surface area contributed by atoms with Crippen LogP contribution in [0.1, 0.15) is 37.4 Å². The van der Waals surface area contributed by atoms with E-state index in [0.717, 1.165) is 38.2 Å². The summed E-state index contributed by atoms with van der Waals surface area (Å²) >= 11 is 0. The molecule has 1 aliphatic heterocycles. The van der Waals surface area contributed by atoms with E-state index in [4.69, 9.17) is 0 Å². The van der Waals surface area contributed by atoms with Gasteiger partial charge in [-0.2, -0.15) is 0 Å². The van der Waals surface area contributed by atoms with Gasteiger partial charge in [-0.1, -0.05) is 26.3 Å². The number of nitrogens with zero attached hydrogens (tertiary/aromatic N) is 1. The highest BCUT2D eigenvalue weighted by Gasteiger charge is 2.27. The van der Waals surface area contributed by atoms with Gasteiger partial charge in [0.25, 0.3) is 0 Å². The summed E-state index contributed by atoms with van der Waals surface area (Å²) in [5.41, 5.74) is 2.36. The van der Waals surface area contributed by atoms with E-state index in [1.54, 1.807) is 12.1 Å². The normalized spacial score (nSPS) is 20.2. The van der Waals surface area contributed by atoms with E-state index in [1.807, 2.05) is 13.0 Å². The first kappa shape index (κ1) is 14.5. The predicted octanol–water partition coefficient (Wildman–Crippen LogP) is 3.13. The van der Waals surface area contributed by atoms with Gasteiger partial charge in [0.05, 0.1) is 0 Å². The number of piperazine rings is 1. The summed E-state index contributed by atoms with van der Waals surface area (Å²) in [6.45, 7) is 10.8. The number of nitrogens with one attached hydrogen (secondary N) is 1. The molecule has 2 atom stereocenters. The van der Waals surface area contributed by atoms with Gasteiger partial charge in [-0.3, -0.25) is 4.90 Å². The zero-order valence-corrected chi connectivity index (χ0v) is 12.2. The fourth-order valence-corrected chi connectivity index (χ4v) is 3.02. The van der Waals surface area contributed by atoms with Crippen LogP contribution in [-0.4, -0.2) is 31.1 Å². The van der Waals surface area contributed by atoms with E-state index in [9.17, 15) is 4.39 Å². The van der Waals surface area contributed by atoms with Crippen molar-refractivity contribution in [2.75, 3.05) is 26.2 Å². The van der Waals surface area contributed by atoms with Gasteiger partial charge in [0.2, 0.25) is 0 Å². The maximum Gasteiger partial charge on any atom is 0.123 e. The first-order valence-electron chi connectivity index (χ1n) is 7.34. The molecule has 1 aromatic rings. The number of hydrogen-bond donors (Lipinski definition) is 1. The van der Waals surface area contributed by atoms with Gasteiger partial charge in [-0.15, -0.1) is 0 Å². The van der Waals surface area contributed by atoms with Crippen LogP contribution in [0.25, 0.3) is 0 Å². The summed E-state index contributed by atoms with van der Waals surface area (Å²) in [4.78, 5) is 2.55. The van der Waals surface area contributed by atoms with E-state index in [2.05, 4.69) is 24.1 Å². The lowest BCUT2D eigenvalue weighted by Gasteiger charge is -2.39. The van der Waals surface area contributed by atoms with E-state index in [-0.39, 0.29) is 5.82 Å². The highest BCUT2D eigenvalue weighted by Crippen LogP contribution is 2.33. The van der Waals surface area contributed by atoms with Crippen LogP contribution in [0.15, 0.2) is 18.2 Å². The third-order valence-corrected chi connectivity index (χ3v) is 4.28. The summed E-state index contributed by atoms with van der Waals surface area (Å²) in [6, 6.07) is 5.64. The highest BCUT2D eigenvalue weighted by atomic mass is 19.1. The Balaban J connectivity index is 2.30. The number of benzene rings is 1. The second-order valence-electron chi connectivity index (χ2n) is 5.62. The maximum absolute atomic E-state index is 13.3. The van der Waals surface area contributed by atoms with E-state index < -0.39 is 0 Å². The third kappa shape index (κ3) is 3.34. The minimum Gasteiger partial charge on any atom is -0.314 e. The molecule has 19 heavy (non-hydrogen) atoms. The molecule has 1 unspecified atom stereocenters. The molecule has 1 fully saturated rings. The highest BCUT2D eigenvalue weighted by molar-refractivity contribution is 5.30. The molecule has 2 rings (SSSR count). The van der Waals surface area contributed by atoms with Gasteiger partial charge in [0, 0.05) is 32.2 Å². The van der Waals surface area contributed by atoms with Gasteiger partial charge in [-0.25, -0.2) is 4.39 Å². The number of halogens is 1. The molecule has 1 heterocycles. The quantitative estimate of drug-likeness (QED) is 0.899. The van der Waals surface area contributed by atoms with Gasteiger partial charge in [0.1, 0.15) is 5.82 Å². The van der Waals surface area contributed by atoms with Crippen LogP contribution >= 0.6 is 0 Å². The van der Waals surface area contributed by atoms with Gasteiger partial charge >= 0.3 is 0 Å².